The molecule has 19 heavy (non-hydrogen) atoms. The summed E-state index contributed by atoms with van der Waals surface area (Å²) in [4.78, 5) is 14.4. The van der Waals surface area contributed by atoms with Crippen LogP contribution in [-0.2, 0) is 11.4 Å². The molecule has 0 unspecified atom stereocenters. The highest BCUT2D eigenvalue weighted by atomic mass is 19.1. The first-order valence-corrected chi connectivity index (χ1v) is 6.12. The molecular formula is C13H16F2N2O2. The fourth-order valence-electron chi connectivity index (χ4n) is 2.26. The molecule has 1 aliphatic heterocycles. The van der Waals surface area contributed by atoms with E-state index in [0.717, 1.165) is 12.1 Å². The van der Waals surface area contributed by atoms with Crippen LogP contribution in [0.15, 0.2) is 12.1 Å². The molecular weight excluding hydrogens is 254 g/mol. The van der Waals surface area contributed by atoms with Crippen molar-refractivity contribution in [1.29, 1.82) is 0 Å². The van der Waals surface area contributed by atoms with Gasteiger partial charge in [0.05, 0.1) is 6.61 Å². The van der Waals surface area contributed by atoms with E-state index in [0.29, 0.717) is 26.2 Å². The van der Waals surface area contributed by atoms with Crippen LogP contribution in [0.1, 0.15) is 12.5 Å². The fourth-order valence-corrected chi connectivity index (χ4v) is 2.26. The normalized spacial score (nSPS) is 15.8. The number of amides is 1. The van der Waals surface area contributed by atoms with Crippen LogP contribution in [0.4, 0.5) is 14.5 Å². The maximum Gasteiger partial charge on any atom is 0.219 e. The van der Waals surface area contributed by atoms with E-state index >= 15 is 0 Å². The van der Waals surface area contributed by atoms with Crippen molar-refractivity contribution in [3.63, 3.8) is 0 Å². The van der Waals surface area contributed by atoms with Crippen LogP contribution in [0, 0.1) is 11.6 Å². The molecule has 4 nitrogen and oxygen atoms in total. The lowest BCUT2D eigenvalue weighted by atomic mass is 10.1. The van der Waals surface area contributed by atoms with Crippen LogP contribution in [0.3, 0.4) is 0 Å². The first kappa shape index (κ1) is 13.7. The molecule has 0 bridgehead atoms. The van der Waals surface area contributed by atoms with Gasteiger partial charge in [-0.1, -0.05) is 0 Å². The van der Waals surface area contributed by atoms with Gasteiger partial charge in [0.25, 0.3) is 0 Å². The summed E-state index contributed by atoms with van der Waals surface area (Å²) in [7, 11) is 0. The molecule has 2 rings (SSSR count). The number of anilines is 1. The van der Waals surface area contributed by atoms with E-state index in [9.17, 15) is 13.6 Å². The summed E-state index contributed by atoms with van der Waals surface area (Å²) in [5.41, 5.74) is 0.126. The van der Waals surface area contributed by atoms with Crippen LogP contribution >= 0.6 is 0 Å². The largest absolute Gasteiger partial charge is 0.392 e. The third-order valence-corrected chi connectivity index (χ3v) is 3.30. The zero-order valence-electron chi connectivity index (χ0n) is 10.7. The van der Waals surface area contributed by atoms with Crippen molar-refractivity contribution >= 4 is 11.6 Å². The highest BCUT2D eigenvalue weighted by Crippen LogP contribution is 2.26. The van der Waals surface area contributed by atoms with Gasteiger partial charge in [0.2, 0.25) is 5.91 Å². The molecule has 6 heteroatoms. The van der Waals surface area contributed by atoms with Crippen molar-refractivity contribution in [3.8, 4) is 0 Å². The van der Waals surface area contributed by atoms with Crippen LogP contribution < -0.4 is 4.90 Å². The zero-order valence-corrected chi connectivity index (χ0v) is 10.7. The Balaban J connectivity index is 2.18. The number of nitrogens with zero attached hydrogens (tertiary/aromatic N) is 2. The van der Waals surface area contributed by atoms with E-state index in [1.54, 1.807) is 9.80 Å². The molecule has 104 valence electrons. The van der Waals surface area contributed by atoms with Crippen molar-refractivity contribution in [1.82, 2.24) is 4.90 Å². The number of halogens is 2. The molecule has 1 aromatic carbocycles. The Bertz CT molecular complexity index is 463. The third-order valence-electron chi connectivity index (χ3n) is 3.30. The Kier molecular flexibility index (Phi) is 3.99. The highest BCUT2D eigenvalue weighted by Gasteiger charge is 2.23. The predicted molar refractivity (Wildman–Crippen MR) is 66.7 cm³/mol. The lowest BCUT2D eigenvalue weighted by Gasteiger charge is -2.35. The summed E-state index contributed by atoms with van der Waals surface area (Å²) in [5.74, 6) is -1.39. The third kappa shape index (κ3) is 2.84. The van der Waals surface area contributed by atoms with Crippen LogP contribution in [-0.4, -0.2) is 42.1 Å². The molecule has 1 fully saturated rings. The molecule has 0 radical (unpaired) electrons. The summed E-state index contributed by atoms with van der Waals surface area (Å²) in [5, 5.41) is 8.89. The molecule has 0 atom stereocenters. The van der Waals surface area contributed by atoms with Gasteiger partial charge in [0.15, 0.2) is 0 Å². The average Bonchev–Trinajstić information content (AvgIpc) is 2.38. The van der Waals surface area contributed by atoms with Gasteiger partial charge < -0.3 is 14.9 Å². The molecule has 1 aromatic rings. The molecule has 0 saturated carbocycles. The maximum atomic E-state index is 13.9. The SMILES string of the molecule is CC(=O)N1CCN(c2c(F)cc(CO)cc2F)CC1. The Morgan fingerprint density at radius 2 is 1.74 bits per heavy atom. The summed E-state index contributed by atoms with van der Waals surface area (Å²) in [6, 6.07) is 2.27. The monoisotopic (exact) mass is 270 g/mol. The Morgan fingerprint density at radius 3 is 2.16 bits per heavy atom. The minimum atomic E-state index is -0.680. The van der Waals surface area contributed by atoms with E-state index in [-0.39, 0.29) is 17.2 Å². The van der Waals surface area contributed by atoms with Gasteiger partial charge in [-0.05, 0) is 17.7 Å². The number of carbonyl (C=O) groups is 1. The van der Waals surface area contributed by atoms with Gasteiger partial charge in [-0.3, -0.25) is 4.79 Å². The number of hydrogen-bond acceptors (Lipinski definition) is 3. The van der Waals surface area contributed by atoms with Crippen LogP contribution in [0.5, 0.6) is 0 Å². The van der Waals surface area contributed by atoms with E-state index in [1.807, 2.05) is 0 Å². The van der Waals surface area contributed by atoms with Crippen molar-refractivity contribution in [2.75, 3.05) is 31.1 Å². The Labute approximate surface area is 110 Å². The summed E-state index contributed by atoms with van der Waals surface area (Å²) < 4.78 is 27.7. The standard InChI is InChI=1S/C13H16F2N2O2/c1-9(19)16-2-4-17(5-3-16)13-11(14)6-10(8-18)7-12(13)15/h6-7,18H,2-5,8H2,1H3. The lowest BCUT2D eigenvalue weighted by Crippen LogP contribution is -2.48. The summed E-state index contributed by atoms with van der Waals surface area (Å²) in [6.07, 6.45) is 0. The molecule has 1 amide bonds. The van der Waals surface area contributed by atoms with Crippen molar-refractivity contribution in [2.45, 2.75) is 13.5 Å². The molecule has 0 spiro atoms. The second-order valence-corrected chi connectivity index (χ2v) is 4.56. The molecule has 1 saturated heterocycles. The van der Waals surface area contributed by atoms with Crippen LogP contribution in [0.25, 0.3) is 0 Å². The number of hydrogen-bond donors (Lipinski definition) is 1. The second-order valence-electron chi connectivity index (χ2n) is 4.56. The number of benzene rings is 1. The van der Waals surface area contributed by atoms with E-state index in [2.05, 4.69) is 0 Å². The van der Waals surface area contributed by atoms with Gasteiger partial charge in [-0.15, -0.1) is 0 Å². The topological polar surface area (TPSA) is 43.8 Å². The van der Waals surface area contributed by atoms with Gasteiger partial charge >= 0.3 is 0 Å². The average molecular weight is 270 g/mol. The molecule has 1 N–H and O–H groups in total. The predicted octanol–water partition coefficient (Wildman–Crippen LogP) is 1.13. The van der Waals surface area contributed by atoms with E-state index in [4.69, 9.17) is 5.11 Å². The quantitative estimate of drug-likeness (QED) is 0.876. The number of carbonyl (C=O) groups excluding carboxylic acids is 1. The van der Waals surface area contributed by atoms with Crippen molar-refractivity contribution in [2.24, 2.45) is 0 Å². The first-order chi connectivity index (χ1) is 9.02. The van der Waals surface area contributed by atoms with Crippen LogP contribution in [0.2, 0.25) is 0 Å². The van der Waals surface area contributed by atoms with Gasteiger partial charge in [-0.25, -0.2) is 8.78 Å². The van der Waals surface area contributed by atoms with Crippen molar-refractivity contribution in [3.05, 3.63) is 29.3 Å². The second kappa shape index (κ2) is 5.52. The number of aliphatic hydroxyl groups is 1. The van der Waals surface area contributed by atoms with Crippen molar-refractivity contribution < 1.29 is 18.7 Å². The zero-order chi connectivity index (χ0) is 14.0. The Hall–Kier alpha value is -1.69. The summed E-state index contributed by atoms with van der Waals surface area (Å²) >= 11 is 0. The van der Waals surface area contributed by atoms with Gasteiger partial charge in [-0.2, -0.15) is 0 Å². The molecule has 1 heterocycles. The molecule has 0 aromatic heterocycles. The fraction of sp³-hybridized carbons (Fsp3) is 0.462. The maximum absolute atomic E-state index is 13.9. The minimum absolute atomic E-state index is 0.0313. The van der Waals surface area contributed by atoms with E-state index in [1.165, 1.54) is 6.92 Å². The Morgan fingerprint density at radius 1 is 1.21 bits per heavy atom. The number of piperazine rings is 1. The number of rotatable bonds is 2. The highest BCUT2D eigenvalue weighted by molar-refractivity contribution is 5.73. The molecule has 0 aliphatic carbocycles. The van der Waals surface area contributed by atoms with E-state index < -0.39 is 18.2 Å². The lowest BCUT2D eigenvalue weighted by molar-refractivity contribution is -0.129. The summed E-state index contributed by atoms with van der Waals surface area (Å²) in [6.45, 7) is 2.78. The van der Waals surface area contributed by atoms with Gasteiger partial charge in [0.1, 0.15) is 17.3 Å². The smallest absolute Gasteiger partial charge is 0.219 e. The molecule has 1 aliphatic rings. The minimum Gasteiger partial charge on any atom is -0.392 e. The number of aliphatic hydroxyl groups excluding tert-OH is 1. The van der Waals surface area contributed by atoms with Gasteiger partial charge in [0, 0.05) is 33.1 Å². The first-order valence-electron chi connectivity index (χ1n) is 6.12.